The summed E-state index contributed by atoms with van der Waals surface area (Å²) in [5.74, 6) is 5.52. The number of rotatable bonds is 2. The predicted octanol–water partition coefficient (Wildman–Crippen LogP) is 2.01. The zero-order valence-corrected chi connectivity index (χ0v) is 11.3. The first-order chi connectivity index (χ1) is 9.19. The molecular weight excluding hydrogens is 258 g/mol. The summed E-state index contributed by atoms with van der Waals surface area (Å²) in [7, 11) is 0. The fraction of sp³-hybridized carbons (Fsp3) is 0.143. The molecule has 2 rings (SSSR count). The van der Waals surface area contributed by atoms with Crippen LogP contribution in [0.3, 0.4) is 0 Å². The van der Waals surface area contributed by atoms with Gasteiger partial charge in [-0.2, -0.15) is 0 Å². The molecule has 0 atom stereocenters. The number of aryl methyl sites for hydroxylation is 1. The van der Waals surface area contributed by atoms with E-state index in [0.29, 0.717) is 17.2 Å². The van der Waals surface area contributed by atoms with E-state index >= 15 is 0 Å². The smallest absolute Gasteiger partial charge is 0.257 e. The number of carbonyl (C=O) groups excluding carboxylic acids is 1. The summed E-state index contributed by atoms with van der Waals surface area (Å²) in [4.78, 5) is 16.1. The molecule has 1 heterocycles. The van der Waals surface area contributed by atoms with E-state index in [0.717, 1.165) is 11.1 Å². The number of nitrogens with two attached hydrogens (primary N) is 1. The molecule has 5 heteroatoms. The minimum absolute atomic E-state index is 0.186. The summed E-state index contributed by atoms with van der Waals surface area (Å²) < 4.78 is 0. The van der Waals surface area contributed by atoms with Gasteiger partial charge in [0.25, 0.3) is 5.91 Å². The van der Waals surface area contributed by atoms with Crippen molar-refractivity contribution < 1.29 is 4.79 Å². The molecule has 0 aliphatic heterocycles. The molecule has 1 amide bonds. The Bertz CT molecular complexity index is 638. The molecule has 0 radical (unpaired) electrons. The van der Waals surface area contributed by atoms with Crippen molar-refractivity contribution in [1.29, 1.82) is 0 Å². The van der Waals surface area contributed by atoms with Gasteiger partial charge in [-0.3, -0.25) is 10.1 Å². The number of anilines is 1. The standard InChI is InChI=1S/C14H13N3OS/c1-10-7-11(3-2-4-15)9-12(8-10)13(18)17-14-16-5-6-19-14/h5-9H,4,15H2,1H3,(H,16,17,18). The van der Waals surface area contributed by atoms with Crippen molar-refractivity contribution in [3.8, 4) is 11.8 Å². The Morgan fingerprint density at radius 2 is 2.32 bits per heavy atom. The van der Waals surface area contributed by atoms with Gasteiger partial charge in [-0.05, 0) is 30.7 Å². The third-order valence-corrected chi connectivity index (χ3v) is 3.02. The normalized spacial score (nSPS) is 9.58. The zero-order valence-electron chi connectivity index (χ0n) is 10.4. The minimum Gasteiger partial charge on any atom is -0.320 e. The Labute approximate surface area is 115 Å². The lowest BCUT2D eigenvalue weighted by molar-refractivity contribution is 0.102. The number of nitrogens with one attached hydrogen (secondary N) is 1. The summed E-state index contributed by atoms with van der Waals surface area (Å²) >= 11 is 1.38. The fourth-order valence-corrected chi connectivity index (χ4v) is 2.12. The van der Waals surface area contributed by atoms with Gasteiger partial charge in [-0.25, -0.2) is 4.98 Å². The highest BCUT2D eigenvalue weighted by atomic mass is 32.1. The average molecular weight is 271 g/mol. The molecule has 0 aliphatic carbocycles. The molecule has 0 saturated carbocycles. The SMILES string of the molecule is Cc1cc(C#CCN)cc(C(=O)Nc2nccs2)c1. The van der Waals surface area contributed by atoms with Gasteiger partial charge in [0.2, 0.25) is 0 Å². The van der Waals surface area contributed by atoms with Gasteiger partial charge in [0, 0.05) is 22.7 Å². The maximum atomic E-state index is 12.1. The Morgan fingerprint density at radius 1 is 1.47 bits per heavy atom. The molecule has 96 valence electrons. The highest BCUT2D eigenvalue weighted by molar-refractivity contribution is 7.13. The number of thiazole rings is 1. The zero-order chi connectivity index (χ0) is 13.7. The van der Waals surface area contributed by atoms with E-state index in [1.54, 1.807) is 12.3 Å². The molecule has 0 aliphatic rings. The van der Waals surface area contributed by atoms with Gasteiger partial charge in [-0.1, -0.05) is 11.8 Å². The molecule has 0 unspecified atom stereocenters. The lowest BCUT2D eigenvalue weighted by Gasteiger charge is -2.04. The van der Waals surface area contributed by atoms with E-state index in [2.05, 4.69) is 22.1 Å². The highest BCUT2D eigenvalue weighted by Gasteiger charge is 2.08. The van der Waals surface area contributed by atoms with Crippen LogP contribution in [0.4, 0.5) is 5.13 Å². The van der Waals surface area contributed by atoms with Crippen LogP contribution < -0.4 is 11.1 Å². The maximum Gasteiger partial charge on any atom is 0.257 e. The van der Waals surface area contributed by atoms with Crippen LogP contribution >= 0.6 is 11.3 Å². The average Bonchev–Trinajstić information content (AvgIpc) is 2.88. The summed E-state index contributed by atoms with van der Waals surface area (Å²) in [5.41, 5.74) is 7.68. The highest BCUT2D eigenvalue weighted by Crippen LogP contribution is 2.14. The van der Waals surface area contributed by atoms with E-state index in [9.17, 15) is 4.79 Å². The number of hydrogen-bond donors (Lipinski definition) is 2. The fourth-order valence-electron chi connectivity index (χ4n) is 1.59. The molecule has 3 N–H and O–H groups in total. The molecule has 0 bridgehead atoms. The van der Waals surface area contributed by atoms with Crippen molar-refractivity contribution in [3.63, 3.8) is 0 Å². The second kappa shape index (κ2) is 6.14. The second-order valence-corrected chi connectivity index (χ2v) is 4.78. The Balaban J connectivity index is 2.24. The molecule has 0 fully saturated rings. The minimum atomic E-state index is -0.186. The van der Waals surface area contributed by atoms with Crippen LogP contribution in [0.5, 0.6) is 0 Å². The third kappa shape index (κ3) is 3.65. The molecule has 1 aromatic carbocycles. The first-order valence-electron chi connectivity index (χ1n) is 5.70. The van der Waals surface area contributed by atoms with Crippen molar-refractivity contribution in [2.45, 2.75) is 6.92 Å². The van der Waals surface area contributed by atoms with Crippen molar-refractivity contribution in [2.24, 2.45) is 5.73 Å². The van der Waals surface area contributed by atoms with Crippen molar-refractivity contribution >= 4 is 22.4 Å². The molecule has 1 aromatic heterocycles. The lowest BCUT2D eigenvalue weighted by Crippen LogP contribution is -2.12. The number of amides is 1. The molecule has 2 aromatic rings. The van der Waals surface area contributed by atoms with Crippen LogP contribution in [0.15, 0.2) is 29.8 Å². The topological polar surface area (TPSA) is 68.0 Å². The van der Waals surface area contributed by atoms with Crippen molar-refractivity contribution in [1.82, 2.24) is 4.98 Å². The maximum absolute atomic E-state index is 12.1. The largest absolute Gasteiger partial charge is 0.320 e. The van der Waals surface area contributed by atoms with E-state index in [1.165, 1.54) is 11.3 Å². The van der Waals surface area contributed by atoms with Gasteiger partial charge < -0.3 is 5.73 Å². The Hall–Kier alpha value is -2.16. The van der Waals surface area contributed by atoms with Gasteiger partial charge in [0.05, 0.1) is 6.54 Å². The van der Waals surface area contributed by atoms with Gasteiger partial charge >= 0.3 is 0 Å². The number of nitrogens with zero attached hydrogens (tertiary/aromatic N) is 1. The molecule has 19 heavy (non-hydrogen) atoms. The lowest BCUT2D eigenvalue weighted by atomic mass is 10.1. The first-order valence-corrected chi connectivity index (χ1v) is 6.58. The Kier molecular flexibility index (Phi) is 4.29. The molecule has 0 spiro atoms. The van der Waals surface area contributed by atoms with E-state index in [1.807, 2.05) is 24.4 Å². The van der Waals surface area contributed by atoms with Crippen LogP contribution in [0.2, 0.25) is 0 Å². The van der Waals surface area contributed by atoms with E-state index in [-0.39, 0.29) is 5.91 Å². The Morgan fingerprint density at radius 3 is 3.00 bits per heavy atom. The van der Waals surface area contributed by atoms with Gasteiger partial charge in [-0.15, -0.1) is 11.3 Å². The van der Waals surface area contributed by atoms with Crippen LogP contribution in [0.25, 0.3) is 0 Å². The molecule has 4 nitrogen and oxygen atoms in total. The number of carbonyl (C=O) groups is 1. The van der Waals surface area contributed by atoms with E-state index in [4.69, 9.17) is 5.73 Å². The first kappa shape index (κ1) is 13.3. The molecule has 0 saturated heterocycles. The monoisotopic (exact) mass is 271 g/mol. The number of benzene rings is 1. The second-order valence-electron chi connectivity index (χ2n) is 3.88. The van der Waals surface area contributed by atoms with Crippen LogP contribution in [0, 0.1) is 18.8 Å². The summed E-state index contributed by atoms with van der Waals surface area (Å²) in [5, 5.41) is 5.14. The quantitative estimate of drug-likeness (QED) is 0.821. The number of hydrogen-bond acceptors (Lipinski definition) is 4. The summed E-state index contributed by atoms with van der Waals surface area (Å²) in [6.07, 6.45) is 1.65. The van der Waals surface area contributed by atoms with Crippen molar-refractivity contribution in [2.75, 3.05) is 11.9 Å². The third-order valence-electron chi connectivity index (χ3n) is 2.33. The molecular formula is C14H13N3OS. The summed E-state index contributed by atoms with van der Waals surface area (Å²) in [6.45, 7) is 2.22. The van der Waals surface area contributed by atoms with Gasteiger partial charge in [0.1, 0.15) is 0 Å². The van der Waals surface area contributed by atoms with E-state index < -0.39 is 0 Å². The van der Waals surface area contributed by atoms with Crippen LogP contribution in [-0.2, 0) is 0 Å². The predicted molar refractivity (Wildman–Crippen MR) is 77.2 cm³/mol. The van der Waals surface area contributed by atoms with Crippen molar-refractivity contribution in [3.05, 3.63) is 46.5 Å². The number of aromatic nitrogens is 1. The summed E-state index contributed by atoms with van der Waals surface area (Å²) in [6, 6.07) is 5.48. The van der Waals surface area contributed by atoms with Gasteiger partial charge in [0.15, 0.2) is 5.13 Å². The van der Waals surface area contributed by atoms with Crippen LogP contribution in [-0.4, -0.2) is 17.4 Å². The van der Waals surface area contributed by atoms with Crippen LogP contribution in [0.1, 0.15) is 21.5 Å².